The van der Waals surface area contributed by atoms with Crippen molar-refractivity contribution in [3.05, 3.63) is 91.8 Å². The standard InChI is InChI=1S/C15H12N2.2C2H6.CH3NO2.2CH3.2Y/c1-3-7-12(8-4-1)14-11-16-15(17-14)13-9-5-2-6-10-13;2*1-2;1-2(3)4;;;;/h1-11H,(H,16,17);2*1-2H3;1H3;2*1H3;;/q;;;;2*-1;;. The Morgan fingerprint density at radius 2 is 1.14 bits per heavy atom. The minimum atomic E-state index is -0.500. The average molecular weight is 549 g/mol. The van der Waals surface area contributed by atoms with Gasteiger partial charge in [-0.3, -0.25) is 10.1 Å². The van der Waals surface area contributed by atoms with Crippen molar-refractivity contribution in [1.29, 1.82) is 0 Å². The smallest absolute Gasteiger partial charge is 0.194 e. The molecule has 0 saturated heterocycles. The first-order chi connectivity index (χ1) is 12.2. The molecule has 1 N–H and O–H groups in total. The quantitative estimate of drug-likeness (QED) is 0.223. The Morgan fingerprint density at radius 1 is 0.793 bits per heavy atom. The number of benzene rings is 2. The molecule has 0 spiro atoms. The van der Waals surface area contributed by atoms with Gasteiger partial charge >= 0.3 is 0 Å². The molecule has 0 aliphatic heterocycles. The van der Waals surface area contributed by atoms with Crippen LogP contribution in [0.3, 0.4) is 0 Å². The molecule has 0 fully saturated rings. The number of aromatic amines is 1. The largest absolute Gasteiger partial charge is 0.358 e. The number of imidazole rings is 1. The minimum absolute atomic E-state index is 0. The molecule has 1 aromatic heterocycles. The van der Waals surface area contributed by atoms with Gasteiger partial charge in [0.05, 0.1) is 11.9 Å². The van der Waals surface area contributed by atoms with E-state index in [4.69, 9.17) is 10.1 Å². The molecular formula is C22H33N3O2Y2-2. The number of hydrogen-bond donors (Lipinski definition) is 1. The predicted molar refractivity (Wildman–Crippen MR) is 118 cm³/mol. The van der Waals surface area contributed by atoms with E-state index < -0.39 is 4.92 Å². The summed E-state index contributed by atoms with van der Waals surface area (Å²) in [6.45, 7) is 8.00. The van der Waals surface area contributed by atoms with Crippen LogP contribution in [0, 0.1) is 25.0 Å². The number of H-pyrrole nitrogens is 1. The fraction of sp³-hybridized carbons (Fsp3) is 0.227. The first-order valence-electron chi connectivity index (χ1n) is 8.40. The van der Waals surface area contributed by atoms with Crippen LogP contribution in [0.4, 0.5) is 0 Å². The van der Waals surface area contributed by atoms with Crippen LogP contribution in [0.5, 0.6) is 0 Å². The molecule has 0 saturated carbocycles. The van der Waals surface area contributed by atoms with Gasteiger partial charge in [-0.05, 0) is 5.56 Å². The van der Waals surface area contributed by atoms with Crippen LogP contribution in [0.2, 0.25) is 0 Å². The van der Waals surface area contributed by atoms with Crippen molar-refractivity contribution in [3.63, 3.8) is 0 Å². The van der Waals surface area contributed by atoms with Crippen LogP contribution >= 0.6 is 0 Å². The van der Waals surface area contributed by atoms with Gasteiger partial charge in [-0.2, -0.15) is 0 Å². The number of rotatable bonds is 2. The Hall–Kier alpha value is -0.742. The normalized spacial score (nSPS) is 7.34. The molecule has 3 rings (SSSR count). The summed E-state index contributed by atoms with van der Waals surface area (Å²) in [5, 5.41) is 8.81. The summed E-state index contributed by atoms with van der Waals surface area (Å²) in [5.41, 5.74) is 3.31. The fourth-order valence-electron chi connectivity index (χ4n) is 1.83. The molecule has 2 aromatic carbocycles. The number of aromatic nitrogens is 2. The van der Waals surface area contributed by atoms with E-state index in [-0.39, 0.29) is 80.3 Å². The maximum atomic E-state index is 8.81. The van der Waals surface area contributed by atoms with Gasteiger partial charge in [0.15, 0.2) is 7.05 Å². The summed E-state index contributed by atoms with van der Waals surface area (Å²) in [7, 11) is 0.889. The Labute approximate surface area is 227 Å². The molecular weight excluding hydrogens is 516 g/mol. The van der Waals surface area contributed by atoms with Gasteiger partial charge in [-0.1, -0.05) is 88.4 Å². The monoisotopic (exact) mass is 549 g/mol. The van der Waals surface area contributed by atoms with Crippen LogP contribution in [0.15, 0.2) is 66.9 Å². The Balaban J connectivity index is -0.000000142. The number of hydrogen-bond acceptors (Lipinski definition) is 3. The molecule has 0 bridgehead atoms. The van der Waals surface area contributed by atoms with Crippen LogP contribution in [-0.4, -0.2) is 21.9 Å². The summed E-state index contributed by atoms with van der Waals surface area (Å²) >= 11 is 0. The molecule has 29 heavy (non-hydrogen) atoms. The van der Waals surface area contributed by atoms with E-state index in [1.165, 1.54) is 0 Å². The molecule has 156 valence electrons. The zero-order valence-electron chi connectivity index (χ0n) is 18.7. The third-order valence-corrected chi connectivity index (χ3v) is 2.71. The van der Waals surface area contributed by atoms with Crippen molar-refractivity contribution < 1.29 is 70.3 Å². The summed E-state index contributed by atoms with van der Waals surface area (Å²) in [6.07, 6.45) is 1.87. The van der Waals surface area contributed by atoms with Crippen molar-refractivity contribution in [2.45, 2.75) is 27.7 Å². The van der Waals surface area contributed by atoms with Gasteiger partial charge in [0.25, 0.3) is 0 Å². The first-order valence-corrected chi connectivity index (χ1v) is 8.40. The molecule has 0 amide bonds. The zero-order chi connectivity index (χ0) is 19.1. The molecule has 0 aliphatic carbocycles. The van der Waals surface area contributed by atoms with Crippen molar-refractivity contribution >= 4 is 0 Å². The van der Waals surface area contributed by atoms with Gasteiger partial charge in [-0.25, -0.2) is 4.98 Å². The maximum absolute atomic E-state index is 8.81. The summed E-state index contributed by atoms with van der Waals surface area (Å²) in [4.78, 5) is 16.0. The van der Waals surface area contributed by atoms with Crippen LogP contribution < -0.4 is 0 Å². The van der Waals surface area contributed by atoms with E-state index in [0.29, 0.717) is 0 Å². The molecule has 3 aromatic rings. The minimum Gasteiger partial charge on any atom is -0.358 e. The Morgan fingerprint density at radius 3 is 1.52 bits per heavy atom. The van der Waals surface area contributed by atoms with E-state index >= 15 is 0 Å². The topological polar surface area (TPSA) is 71.8 Å². The molecule has 0 atom stereocenters. The molecule has 7 heteroatoms. The van der Waals surface area contributed by atoms with Gasteiger partial charge in [0.1, 0.15) is 5.82 Å². The van der Waals surface area contributed by atoms with Gasteiger partial charge in [0.2, 0.25) is 0 Å². The number of nitro groups is 1. The van der Waals surface area contributed by atoms with E-state index in [9.17, 15) is 0 Å². The molecule has 1 heterocycles. The first kappa shape index (κ1) is 38.8. The van der Waals surface area contributed by atoms with Crippen molar-refractivity contribution in [1.82, 2.24) is 9.97 Å². The SMILES string of the molecule is CC.CC.C[N+](=O)[O-].[CH3-].[CH3-].[Y].[Y].c1ccc(-c2cnc(-c3ccccc3)[nH]2)cc1. The molecule has 5 nitrogen and oxygen atoms in total. The average Bonchev–Trinajstić information content (AvgIpc) is 3.16. The van der Waals surface area contributed by atoms with Crippen LogP contribution in [0.25, 0.3) is 22.6 Å². The summed E-state index contributed by atoms with van der Waals surface area (Å²) in [5.74, 6) is 0.907. The van der Waals surface area contributed by atoms with Crippen LogP contribution in [0.1, 0.15) is 27.7 Å². The third-order valence-electron chi connectivity index (χ3n) is 2.71. The van der Waals surface area contributed by atoms with E-state index in [0.717, 1.165) is 29.7 Å². The van der Waals surface area contributed by atoms with Crippen LogP contribution in [-0.2, 0) is 65.4 Å². The molecule has 2 radical (unpaired) electrons. The second-order valence-corrected chi connectivity index (χ2v) is 4.32. The third kappa shape index (κ3) is 16.7. The molecule has 0 unspecified atom stereocenters. The predicted octanol–water partition coefficient (Wildman–Crippen LogP) is 6.58. The van der Waals surface area contributed by atoms with E-state index in [1.54, 1.807) is 0 Å². The van der Waals surface area contributed by atoms with Gasteiger partial charge < -0.3 is 19.8 Å². The summed E-state index contributed by atoms with van der Waals surface area (Å²) < 4.78 is 0. The second kappa shape index (κ2) is 25.3. The summed E-state index contributed by atoms with van der Waals surface area (Å²) in [6, 6.07) is 20.3. The van der Waals surface area contributed by atoms with E-state index in [1.807, 2.05) is 82.4 Å². The zero-order valence-corrected chi connectivity index (χ0v) is 24.4. The van der Waals surface area contributed by atoms with E-state index in [2.05, 4.69) is 22.1 Å². The number of nitrogens with one attached hydrogen (secondary N) is 1. The van der Waals surface area contributed by atoms with Crippen molar-refractivity contribution in [2.24, 2.45) is 0 Å². The Kier molecular flexibility index (Phi) is 33.9. The molecule has 0 aliphatic rings. The van der Waals surface area contributed by atoms with Crippen molar-refractivity contribution in [3.8, 4) is 22.6 Å². The number of nitrogens with zero attached hydrogens (tertiary/aromatic N) is 2. The van der Waals surface area contributed by atoms with Gasteiger partial charge in [0, 0.05) is 75.9 Å². The maximum Gasteiger partial charge on any atom is 0.194 e. The Bertz CT molecular complexity index is 648. The fourth-order valence-corrected chi connectivity index (χ4v) is 1.83. The van der Waals surface area contributed by atoms with Gasteiger partial charge in [-0.15, -0.1) is 0 Å². The van der Waals surface area contributed by atoms with Crippen molar-refractivity contribution in [2.75, 3.05) is 7.05 Å². The second-order valence-electron chi connectivity index (χ2n) is 4.32.